The lowest BCUT2D eigenvalue weighted by atomic mass is 10.1. The SMILES string of the molecule is COCCn1c(C(C)N2CCN(C(=O)c3cccs3)C(C)C2)nc2ccccc2c1=O. The molecule has 164 valence electrons. The van der Waals surface area contributed by atoms with Crippen molar-refractivity contribution in [3.63, 3.8) is 0 Å². The summed E-state index contributed by atoms with van der Waals surface area (Å²) in [5.41, 5.74) is 0.673. The Balaban J connectivity index is 1.60. The van der Waals surface area contributed by atoms with Crippen molar-refractivity contribution in [2.45, 2.75) is 32.5 Å². The predicted molar refractivity (Wildman–Crippen MR) is 123 cm³/mol. The first-order valence-corrected chi connectivity index (χ1v) is 11.5. The van der Waals surface area contributed by atoms with Gasteiger partial charge in [-0.25, -0.2) is 4.98 Å². The van der Waals surface area contributed by atoms with Crippen LogP contribution in [0.1, 0.15) is 35.4 Å². The fourth-order valence-corrected chi connectivity index (χ4v) is 4.93. The van der Waals surface area contributed by atoms with Crippen molar-refractivity contribution >= 4 is 28.1 Å². The van der Waals surface area contributed by atoms with E-state index in [1.54, 1.807) is 11.7 Å². The van der Waals surface area contributed by atoms with Crippen LogP contribution < -0.4 is 5.56 Å². The standard InChI is InChI=1S/C23H28N4O3S/c1-16-15-25(10-11-26(16)23(29)20-9-6-14-31-20)17(2)21-24-19-8-5-4-7-18(19)22(28)27(21)12-13-30-3/h4-9,14,16-17H,10-13,15H2,1-3H3. The van der Waals surface area contributed by atoms with E-state index in [0.717, 1.165) is 23.8 Å². The van der Waals surface area contributed by atoms with Crippen molar-refractivity contribution in [3.05, 3.63) is 62.8 Å². The van der Waals surface area contributed by atoms with Crippen LogP contribution in [0.3, 0.4) is 0 Å². The monoisotopic (exact) mass is 440 g/mol. The van der Waals surface area contributed by atoms with E-state index in [9.17, 15) is 9.59 Å². The molecule has 0 radical (unpaired) electrons. The van der Waals surface area contributed by atoms with Gasteiger partial charge in [0.25, 0.3) is 11.5 Å². The minimum atomic E-state index is -0.0596. The highest BCUT2D eigenvalue weighted by molar-refractivity contribution is 7.12. The fraction of sp³-hybridized carbons (Fsp3) is 0.435. The molecule has 1 aromatic carbocycles. The highest BCUT2D eigenvalue weighted by Gasteiger charge is 2.32. The number of piperazine rings is 1. The maximum atomic E-state index is 13.2. The molecule has 1 saturated heterocycles. The van der Waals surface area contributed by atoms with Gasteiger partial charge in [-0.15, -0.1) is 11.3 Å². The van der Waals surface area contributed by atoms with Crippen LogP contribution in [0, 0.1) is 0 Å². The molecule has 0 N–H and O–H groups in total. The van der Waals surface area contributed by atoms with Gasteiger partial charge in [-0.1, -0.05) is 18.2 Å². The molecule has 1 aliphatic rings. The van der Waals surface area contributed by atoms with Crippen molar-refractivity contribution in [1.82, 2.24) is 19.4 Å². The zero-order valence-corrected chi connectivity index (χ0v) is 19.0. The number of benzene rings is 1. The van der Waals surface area contributed by atoms with E-state index in [2.05, 4.69) is 18.7 Å². The van der Waals surface area contributed by atoms with Gasteiger partial charge in [0.15, 0.2) is 0 Å². The Kier molecular flexibility index (Phi) is 6.50. The van der Waals surface area contributed by atoms with Crippen LogP contribution in [0.25, 0.3) is 10.9 Å². The number of hydrogen-bond donors (Lipinski definition) is 0. The Hall–Kier alpha value is -2.55. The third-order valence-corrected chi connectivity index (χ3v) is 6.84. The molecule has 7 nitrogen and oxygen atoms in total. The maximum Gasteiger partial charge on any atom is 0.264 e. The molecule has 2 aromatic heterocycles. The summed E-state index contributed by atoms with van der Waals surface area (Å²) in [4.78, 5) is 35.9. The molecule has 1 fully saturated rings. The number of amides is 1. The van der Waals surface area contributed by atoms with Crippen LogP contribution in [0.4, 0.5) is 0 Å². The van der Waals surface area contributed by atoms with Crippen LogP contribution in [-0.2, 0) is 11.3 Å². The molecule has 2 unspecified atom stereocenters. The molecule has 2 atom stereocenters. The minimum absolute atomic E-state index is 0.0379. The molecule has 0 aliphatic carbocycles. The summed E-state index contributed by atoms with van der Waals surface area (Å²) >= 11 is 1.48. The van der Waals surface area contributed by atoms with Crippen molar-refractivity contribution < 1.29 is 9.53 Å². The van der Waals surface area contributed by atoms with Gasteiger partial charge in [-0.2, -0.15) is 0 Å². The Morgan fingerprint density at radius 3 is 2.77 bits per heavy atom. The van der Waals surface area contributed by atoms with E-state index in [0.29, 0.717) is 30.6 Å². The summed E-state index contributed by atoms with van der Waals surface area (Å²) < 4.78 is 6.98. The van der Waals surface area contributed by atoms with E-state index in [-0.39, 0.29) is 23.6 Å². The van der Waals surface area contributed by atoms with E-state index in [1.165, 1.54) is 11.3 Å². The molecule has 1 aliphatic heterocycles. The number of nitrogens with zero attached hydrogens (tertiary/aromatic N) is 4. The second-order valence-electron chi connectivity index (χ2n) is 7.93. The number of hydrogen-bond acceptors (Lipinski definition) is 6. The molecule has 4 rings (SSSR count). The average molecular weight is 441 g/mol. The summed E-state index contributed by atoms with van der Waals surface area (Å²) in [6.45, 7) is 7.18. The van der Waals surface area contributed by atoms with E-state index < -0.39 is 0 Å². The number of carbonyl (C=O) groups excluding carboxylic acids is 1. The number of thiophene rings is 1. The van der Waals surface area contributed by atoms with Crippen LogP contribution in [0.2, 0.25) is 0 Å². The molecular formula is C23H28N4O3S. The first kappa shape index (κ1) is 21.7. The van der Waals surface area contributed by atoms with Gasteiger partial charge >= 0.3 is 0 Å². The lowest BCUT2D eigenvalue weighted by Gasteiger charge is -2.42. The van der Waals surface area contributed by atoms with Gasteiger partial charge in [0, 0.05) is 32.8 Å². The van der Waals surface area contributed by atoms with Crippen LogP contribution in [0.15, 0.2) is 46.6 Å². The molecule has 0 spiro atoms. The second kappa shape index (κ2) is 9.30. The van der Waals surface area contributed by atoms with Gasteiger partial charge in [0.2, 0.25) is 0 Å². The molecule has 0 bridgehead atoms. The average Bonchev–Trinajstić information content (AvgIpc) is 3.32. The number of para-hydroxylation sites is 1. The summed E-state index contributed by atoms with van der Waals surface area (Å²) in [5.74, 6) is 0.835. The number of aromatic nitrogens is 2. The minimum Gasteiger partial charge on any atom is -0.383 e. The smallest absolute Gasteiger partial charge is 0.264 e. The lowest BCUT2D eigenvalue weighted by Crippen LogP contribution is -2.54. The number of methoxy groups -OCH3 is 1. The molecule has 0 saturated carbocycles. The van der Waals surface area contributed by atoms with Gasteiger partial charge < -0.3 is 9.64 Å². The maximum absolute atomic E-state index is 13.2. The Morgan fingerprint density at radius 1 is 1.26 bits per heavy atom. The van der Waals surface area contributed by atoms with Gasteiger partial charge in [0.05, 0.1) is 35.0 Å². The fourth-order valence-electron chi connectivity index (χ4n) is 4.25. The molecule has 8 heteroatoms. The zero-order chi connectivity index (χ0) is 22.0. The first-order chi connectivity index (χ1) is 15.0. The topological polar surface area (TPSA) is 67.7 Å². The van der Waals surface area contributed by atoms with Gasteiger partial charge in [0.1, 0.15) is 5.82 Å². The number of carbonyl (C=O) groups is 1. The number of ether oxygens (including phenoxy) is 1. The van der Waals surface area contributed by atoms with Crippen molar-refractivity contribution in [3.8, 4) is 0 Å². The second-order valence-corrected chi connectivity index (χ2v) is 8.88. The highest BCUT2D eigenvalue weighted by Crippen LogP contribution is 2.25. The van der Waals surface area contributed by atoms with Crippen molar-refractivity contribution in [2.24, 2.45) is 0 Å². The zero-order valence-electron chi connectivity index (χ0n) is 18.2. The third-order valence-electron chi connectivity index (χ3n) is 5.98. The molecule has 31 heavy (non-hydrogen) atoms. The number of fused-ring (bicyclic) bond motifs is 1. The summed E-state index contributed by atoms with van der Waals surface area (Å²) in [6, 6.07) is 11.3. The van der Waals surface area contributed by atoms with E-state index in [4.69, 9.17) is 9.72 Å². The molecule has 3 heterocycles. The molecular weight excluding hydrogens is 412 g/mol. The highest BCUT2D eigenvalue weighted by atomic mass is 32.1. The summed E-state index contributed by atoms with van der Waals surface area (Å²) in [6.07, 6.45) is 0. The number of rotatable bonds is 6. The third kappa shape index (κ3) is 4.28. The van der Waals surface area contributed by atoms with Crippen molar-refractivity contribution in [2.75, 3.05) is 33.4 Å². The summed E-state index contributed by atoms with van der Waals surface area (Å²) in [5, 5.41) is 2.55. The van der Waals surface area contributed by atoms with E-state index >= 15 is 0 Å². The van der Waals surface area contributed by atoms with Gasteiger partial charge in [-0.05, 0) is 37.4 Å². The van der Waals surface area contributed by atoms with Crippen LogP contribution >= 0.6 is 11.3 Å². The molecule has 3 aromatic rings. The quantitative estimate of drug-likeness (QED) is 0.590. The Labute approximate surface area is 185 Å². The predicted octanol–water partition coefficient (Wildman–Crippen LogP) is 3.01. The Morgan fingerprint density at radius 2 is 2.06 bits per heavy atom. The first-order valence-electron chi connectivity index (χ1n) is 10.6. The van der Waals surface area contributed by atoms with Crippen molar-refractivity contribution in [1.29, 1.82) is 0 Å². The largest absolute Gasteiger partial charge is 0.383 e. The van der Waals surface area contributed by atoms with Crippen LogP contribution in [0.5, 0.6) is 0 Å². The molecule has 1 amide bonds. The normalized spacial score (nSPS) is 18.4. The summed E-state index contributed by atoms with van der Waals surface area (Å²) in [7, 11) is 1.63. The lowest BCUT2D eigenvalue weighted by molar-refractivity contribution is 0.0393. The van der Waals surface area contributed by atoms with Gasteiger partial charge in [-0.3, -0.25) is 19.1 Å². The Bertz CT molecular complexity index is 1110. The van der Waals surface area contributed by atoms with E-state index in [1.807, 2.05) is 46.7 Å². The van der Waals surface area contributed by atoms with Crippen LogP contribution in [-0.4, -0.2) is 64.7 Å².